The van der Waals surface area contributed by atoms with Crippen molar-refractivity contribution in [2.45, 2.75) is 31.8 Å². The van der Waals surface area contributed by atoms with Gasteiger partial charge in [-0.3, -0.25) is 4.90 Å². The van der Waals surface area contributed by atoms with Crippen LogP contribution >= 0.6 is 0 Å². The molecule has 25 heavy (non-hydrogen) atoms. The molecule has 0 aliphatic heterocycles. The zero-order valence-electron chi connectivity index (χ0n) is 14.1. The molecule has 1 fully saturated rings. The van der Waals surface area contributed by atoms with E-state index < -0.39 is 0 Å². The van der Waals surface area contributed by atoms with E-state index in [2.05, 4.69) is 15.1 Å². The highest BCUT2D eigenvalue weighted by Gasteiger charge is 2.29. The molecule has 2 aromatic carbocycles. The van der Waals surface area contributed by atoms with Crippen LogP contribution in [0.25, 0.3) is 5.69 Å². The monoisotopic (exact) mass is 336 g/mol. The summed E-state index contributed by atoms with van der Waals surface area (Å²) in [5, 5.41) is 8.98. The van der Waals surface area contributed by atoms with Crippen LogP contribution in [0.15, 0.2) is 60.8 Å². The molecule has 128 valence electrons. The summed E-state index contributed by atoms with van der Waals surface area (Å²) in [7, 11) is 0. The minimum absolute atomic E-state index is 0.165. The first-order valence-electron chi connectivity index (χ1n) is 8.73. The van der Waals surface area contributed by atoms with Gasteiger partial charge in [0.1, 0.15) is 5.82 Å². The molecule has 4 nitrogen and oxygen atoms in total. The van der Waals surface area contributed by atoms with E-state index in [0.717, 1.165) is 36.5 Å². The highest BCUT2D eigenvalue weighted by Crippen LogP contribution is 2.28. The molecule has 0 unspecified atom stereocenters. The Morgan fingerprint density at radius 1 is 1.08 bits per heavy atom. The van der Waals surface area contributed by atoms with Crippen LogP contribution in [-0.2, 0) is 13.0 Å². The van der Waals surface area contributed by atoms with E-state index in [1.807, 2.05) is 42.6 Å². The molecule has 0 radical (unpaired) electrons. The fraction of sp³-hybridized carbons (Fsp3) is 0.300. The van der Waals surface area contributed by atoms with Gasteiger partial charge >= 0.3 is 0 Å². The van der Waals surface area contributed by atoms with Crippen molar-refractivity contribution < 1.29 is 4.39 Å². The van der Waals surface area contributed by atoms with Crippen LogP contribution in [-0.4, -0.2) is 32.5 Å². The lowest BCUT2D eigenvalue weighted by Gasteiger charge is -2.20. The molecular formula is C20H21FN4. The molecule has 0 N–H and O–H groups in total. The number of nitrogens with zero attached hydrogens (tertiary/aromatic N) is 4. The molecule has 0 saturated heterocycles. The molecule has 1 heterocycles. The smallest absolute Gasteiger partial charge is 0.123 e. The van der Waals surface area contributed by atoms with Crippen molar-refractivity contribution in [3.8, 4) is 5.69 Å². The molecule has 5 heteroatoms. The quantitative estimate of drug-likeness (QED) is 0.661. The Morgan fingerprint density at radius 2 is 1.92 bits per heavy atom. The average molecular weight is 336 g/mol. The first-order valence-corrected chi connectivity index (χ1v) is 8.73. The van der Waals surface area contributed by atoms with Gasteiger partial charge in [0.2, 0.25) is 0 Å². The molecule has 0 atom stereocenters. The molecule has 1 aromatic heterocycles. The number of hydrogen-bond acceptors (Lipinski definition) is 3. The van der Waals surface area contributed by atoms with Crippen LogP contribution in [0.4, 0.5) is 4.39 Å². The molecule has 0 bridgehead atoms. The van der Waals surface area contributed by atoms with Crippen molar-refractivity contribution in [3.05, 3.63) is 77.9 Å². The van der Waals surface area contributed by atoms with Gasteiger partial charge in [0.05, 0.1) is 17.6 Å². The van der Waals surface area contributed by atoms with Crippen LogP contribution < -0.4 is 0 Å². The highest BCUT2D eigenvalue weighted by molar-refractivity contribution is 5.28. The van der Waals surface area contributed by atoms with Crippen molar-refractivity contribution in [3.63, 3.8) is 0 Å². The van der Waals surface area contributed by atoms with Gasteiger partial charge in [-0.15, -0.1) is 0 Å². The van der Waals surface area contributed by atoms with Crippen LogP contribution in [0.5, 0.6) is 0 Å². The summed E-state index contributed by atoms with van der Waals surface area (Å²) in [6, 6.07) is 17.4. The lowest BCUT2D eigenvalue weighted by molar-refractivity contribution is 0.254. The van der Waals surface area contributed by atoms with Crippen LogP contribution in [0.1, 0.15) is 24.1 Å². The summed E-state index contributed by atoms with van der Waals surface area (Å²) < 4.78 is 13.3. The second-order valence-corrected chi connectivity index (χ2v) is 6.54. The molecule has 4 rings (SSSR count). The van der Waals surface area contributed by atoms with Gasteiger partial charge in [0.15, 0.2) is 0 Å². The third-order valence-corrected chi connectivity index (χ3v) is 4.53. The Morgan fingerprint density at radius 3 is 2.68 bits per heavy atom. The molecular weight excluding hydrogens is 315 g/mol. The Kier molecular flexibility index (Phi) is 4.57. The first-order chi connectivity index (χ1) is 12.3. The maximum atomic E-state index is 13.3. The highest BCUT2D eigenvalue weighted by atomic mass is 19.1. The number of para-hydroxylation sites is 1. The first kappa shape index (κ1) is 16.0. The van der Waals surface area contributed by atoms with Crippen LogP contribution in [0.3, 0.4) is 0 Å². The molecule has 1 aliphatic carbocycles. The van der Waals surface area contributed by atoms with E-state index >= 15 is 0 Å². The fourth-order valence-corrected chi connectivity index (χ4v) is 3.06. The SMILES string of the molecule is Fc1cccc(CCN(Cc2cnn(-c3ccccc3)n2)C2CC2)c1. The van der Waals surface area contributed by atoms with Gasteiger partial charge in [-0.2, -0.15) is 15.0 Å². The normalized spacial score (nSPS) is 14.2. The maximum Gasteiger partial charge on any atom is 0.123 e. The van der Waals surface area contributed by atoms with E-state index in [-0.39, 0.29) is 5.82 Å². The summed E-state index contributed by atoms with van der Waals surface area (Å²) in [5.74, 6) is -0.165. The summed E-state index contributed by atoms with van der Waals surface area (Å²) in [4.78, 5) is 4.11. The van der Waals surface area contributed by atoms with Crippen LogP contribution in [0.2, 0.25) is 0 Å². The zero-order valence-corrected chi connectivity index (χ0v) is 14.1. The molecule has 1 aliphatic rings. The molecule has 0 spiro atoms. The number of halogens is 1. The van der Waals surface area contributed by atoms with Gasteiger partial charge < -0.3 is 0 Å². The Hall–Kier alpha value is -2.53. The predicted octanol–water partition coefficient (Wildman–Crippen LogP) is 3.61. The van der Waals surface area contributed by atoms with E-state index in [4.69, 9.17) is 0 Å². The minimum Gasteiger partial charge on any atom is -0.294 e. The van der Waals surface area contributed by atoms with Crippen LogP contribution in [0, 0.1) is 5.82 Å². The van der Waals surface area contributed by atoms with Gasteiger partial charge in [-0.1, -0.05) is 30.3 Å². The Balaban J connectivity index is 1.41. The van der Waals surface area contributed by atoms with Gasteiger partial charge in [0.25, 0.3) is 0 Å². The number of aromatic nitrogens is 3. The standard InChI is InChI=1S/C20H21FN4/c21-17-6-4-5-16(13-17)11-12-24(19-9-10-19)15-18-14-22-25(23-18)20-7-2-1-3-8-20/h1-8,13-14,19H,9-12,15H2. The fourth-order valence-electron chi connectivity index (χ4n) is 3.06. The lowest BCUT2D eigenvalue weighted by Crippen LogP contribution is -2.28. The third kappa shape index (κ3) is 4.12. The van der Waals surface area contributed by atoms with Crippen molar-refractivity contribution in [1.82, 2.24) is 19.9 Å². The lowest BCUT2D eigenvalue weighted by atomic mass is 10.1. The topological polar surface area (TPSA) is 34.0 Å². The Labute approximate surface area is 146 Å². The second kappa shape index (κ2) is 7.15. The number of benzene rings is 2. The van der Waals surface area contributed by atoms with Gasteiger partial charge in [-0.25, -0.2) is 4.39 Å². The third-order valence-electron chi connectivity index (χ3n) is 4.53. The van der Waals surface area contributed by atoms with E-state index in [1.54, 1.807) is 16.9 Å². The molecule has 1 saturated carbocycles. The second-order valence-electron chi connectivity index (χ2n) is 6.54. The van der Waals surface area contributed by atoms with Crippen molar-refractivity contribution in [2.75, 3.05) is 6.54 Å². The average Bonchev–Trinajstić information content (AvgIpc) is 3.38. The summed E-state index contributed by atoms with van der Waals surface area (Å²) >= 11 is 0. The van der Waals surface area contributed by atoms with Gasteiger partial charge in [-0.05, 0) is 49.1 Å². The van der Waals surface area contributed by atoms with Crippen molar-refractivity contribution in [1.29, 1.82) is 0 Å². The molecule has 3 aromatic rings. The maximum absolute atomic E-state index is 13.3. The predicted molar refractivity (Wildman–Crippen MR) is 94.9 cm³/mol. The van der Waals surface area contributed by atoms with E-state index in [0.29, 0.717) is 6.04 Å². The summed E-state index contributed by atoms with van der Waals surface area (Å²) in [6.07, 6.45) is 5.15. The number of rotatable bonds is 7. The largest absolute Gasteiger partial charge is 0.294 e. The minimum atomic E-state index is -0.165. The van der Waals surface area contributed by atoms with Crippen molar-refractivity contribution >= 4 is 0 Å². The summed E-state index contributed by atoms with van der Waals surface area (Å²) in [5.41, 5.74) is 2.97. The zero-order chi connectivity index (χ0) is 17.1. The summed E-state index contributed by atoms with van der Waals surface area (Å²) in [6.45, 7) is 1.69. The van der Waals surface area contributed by atoms with E-state index in [9.17, 15) is 4.39 Å². The molecule has 0 amide bonds. The Bertz CT molecular complexity index is 826. The number of hydrogen-bond donors (Lipinski definition) is 0. The van der Waals surface area contributed by atoms with Crippen molar-refractivity contribution in [2.24, 2.45) is 0 Å². The van der Waals surface area contributed by atoms with Gasteiger partial charge in [0, 0.05) is 19.1 Å². The van der Waals surface area contributed by atoms with E-state index in [1.165, 1.54) is 18.9 Å².